The minimum absolute atomic E-state index is 0.0884. The number of hydrogen-bond acceptors (Lipinski definition) is 2. The zero-order chi connectivity index (χ0) is 9.97. The monoisotopic (exact) mass is 303 g/mol. The maximum absolute atomic E-state index is 10.9. The molecule has 1 amide bonds. The molecule has 1 saturated heterocycles. The van der Waals surface area contributed by atoms with Crippen LogP contribution in [0.1, 0.15) is 9.49 Å². The lowest BCUT2D eigenvalue weighted by atomic mass is 10.1. The van der Waals surface area contributed by atoms with Gasteiger partial charge in [-0.05, 0) is 5.56 Å². The Hall–Kier alpha value is -0.780. The molecule has 0 saturated carbocycles. The maximum Gasteiger partial charge on any atom is 0.407 e. The molecule has 74 valence electrons. The number of carbonyl (C=O) groups excluding carboxylic acids is 1. The van der Waals surface area contributed by atoms with E-state index in [1.54, 1.807) is 0 Å². The van der Waals surface area contributed by atoms with Crippen molar-refractivity contribution in [2.45, 2.75) is 9.97 Å². The van der Waals surface area contributed by atoms with Crippen LogP contribution in [0, 0.1) is 0 Å². The number of ether oxygens (including phenoxy) is 1. The number of rotatable bonds is 2. The molecule has 1 aliphatic rings. The molecular weight excluding hydrogens is 293 g/mol. The molecule has 0 aromatic heterocycles. The predicted octanol–water partition coefficient (Wildman–Crippen LogP) is 2.27. The van der Waals surface area contributed by atoms with Crippen LogP contribution in [0.25, 0.3) is 0 Å². The number of hydrogen-bond donors (Lipinski definition) is 1. The van der Waals surface area contributed by atoms with E-state index in [1.165, 1.54) is 5.56 Å². The van der Waals surface area contributed by atoms with Gasteiger partial charge in [0.05, 0.1) is 9.97 Å². The molecule has 0 bridgehead atoms. The third-order valence-corrected chi connectivity index (χ3v) is 3.76. The van der Waals surface area contributed by atoms with E-state index in [4.69, 9.17) is 4.74 Å². The summed E-state index contributed by atoms with van der Waals surface area (Å²) in [5, 5.41) is 2.78. The summed E-state index contributed by atoms with van der Waals surface area (Å²) < 4.78 is 5.12. The molecule has 0 radical (unpaired) electrons. The van der Waals surface area contributed by atoms with Gasteiger partial charge in [-0.1, -0.05) is 52.9 Å². The fraction of sp³-hybridized carbons (Fsp3) is 0.300. The first-order chi connectivity index (χ1) is 6.77. The molecule has 1 aromatic carbocycles. The fourth-order valence-electron chi connectivity index (χ4n) is 1.43. The Kier molecular flexibility index (Phi) is 2.90. The average Bonchev–Trinajstić information content (AvgIpc) is 2.65. The summed E-state index contributed by atoms with van der Waals surface area (Å²) in [6.45, 7) is 0.460. The second kappa shape index (κ2) is 4.16. The number of cyclic esters (lactones) is 1. The van der Waals surface area contributed by atoms with Gasteiger partial charge in [0.25, 0.3) is 0 Å². The van der Waals surface area contributed by atoms with E-state index in [2.05, 4.69) is 40.0 Å². The number of halogens is 1. The highest BCUT2D eigenvalue weighted by Gasteiger charge is 2.29. The lowest BCUT2D eigenvalue weighted by Crippen LogP contribution is -2.29. The van der Waals surface area contributed by atoms with E-state index >= 15 is 0 Å². The molecule has 1 N–H and O–H groups in total. The average molecular weight is 303 g/mol. The van der Waals surface area contributed by atoms with Gasteiger partial charge < -0.3 is 10.1 Å². The van der Waals surface area contributed by atoms with Crippen molar-refractivity contribution in [1.29, 1.82) is 0 Å². The largest absolute Gasteiger partial charge is 0.447 e. The molecule has 1 aliphatic heterocycles. The molecule has 2 atom stereocenters. The van der Waals surface area contributed by atoms with E-state index in [1.807, 2.05) is 18.2 Å². The second-order valence-electron chi connectivity index (χ2n) is 3.16. The van der Waals surface area contributed by atoms with Gasteiger partial charge in [-0.3, -0.25) is 0 Å². The Morgan fingerprint density at radius 1 is 1.43 bits per heavy atom. The number of benzene rings is 1. The number of nitrogens with one attached hydrogen (secondary N) is 1. The number of alkyl halides is 1. The highest BCUT2D eigenvalue weighted by molar-refractivity contribution is 14.1. The molecule has 14 heavy (non-hydrogen) atoms. The van der Waals surface area contributed by atoms with Crippen molar-refractivity contribution >= 4 is 28.7 Å². The molecule has 0 spiro atoms. The Morgan fingerprint density at radius 3 is 2.71 bits per heavy atom. The quantitative estimate of drug-likeness (QED) is 0.672. The Bertz CT molecular complexity index is 328. The van der Waals surface area contributed by atoms with Crippen molar-refractivity contribution < 1.29 is 9.53 Å². The van der Waals surface area contributed by atoms with E-state index in [9.17, 15) is 4.79 Å². The summed E-state index contributed by atoms with van der Waals surface area (Å²) in [5.41, 5.74) is 1.21. The van der Waals surface area contributed by atoms with Crippen LogP contribution in [0.4, 0.5) is 4.79 Å². The molecule has 1 fully saturated rings. The van der Waals surface area contributed by atoms with E-state index in [-0.39, 0.29) is 16.1 Å². The van der Waals surface area contributed by atoms with Gasteiger partial charge in [-0.25, -0.2) is 4.79 Å². The van der Waals surface area contributed by atoms with Gasteiger partial charge in [0.15, 0.2) is 0 Å². The molecule has 4 heteroatoms. The summed E-state index contributed by atoms with van der Waals surface area (Å²) in [6.07, 6.45) is -0.312. The van der Waals surface area contributed by atoms with Gasteiger partial charge in [0, 0.05) is 0 Å². The predicted molar refractivity (Wildman–Crippen MR) is 61.5 cm³/mol. The molecule has 0 unspecified atom stereocenters. The second-order valence-corrected chi connectivity index (χ2v) is 4.50. The minimum Gasteiger partial charge on any atom is -0.447 e. The fourth-order valence-corrected chi connectivity index (χ4v) is 2.23. The van der Waals surface area contributed by atoms with E-state index < -0.39 is 0 Å². The first kappa shape index (κ1) is 9.76. The van der Waals surface area contributed by atoms with Crippen LogP contribution in [0.2, 0.25) is 0 Å². The first-order valence-electron chi connectivity index (χ1n) is 4.39. The summed E-state index contributed by atoms with van der Waals surface area (Å²) in [6, 6.07) is 10.2. The topological polar surface area (TPSA) is 38.3 Å². The standard InChI is InChI=1S/C10H10INO2/c11-9(7-4-2-1-3-5-7)8-6-14-10(13)12-8/h1-5,8-9H,6H2,(H,12,13)/t8-,9-/m0/s1. The van der Waals surface area contributed by atoms with Crippen molar-refractivity contribution in [3.05, 3.63) is 35.9 Å². The van der Waals surface area contributed by atoms with Crippen molar-refractivity contribution in [3.63, 3.8) is 0 Å². The SMILES string of the molecule is O=C1N[C@H]([C@@H](I)c2ccccc2)CO1. The number of carbonyl (C=O) groups is 1. The number of amides is 1. The van der Waals surface area contributed by atoms with Crippen LogP contribution >= 0.6 is 22.6 Å². The van der Waals surface area contributed by atoms with Crippen LogP contribution < -0.4 is 5.32 Å². The molecule has 3 nitrogen and oxygen atoms in total. The molecule has 1 heterocycles. The van der Waals surface area contributed by atoms with Crippen LogP contribution in [-0.2, 0) is 4.74 Å². The van der Waals surface area contributed by atoms with Crippen molar-refractivity contribution in [1.82, 2.24) is 5.32 Å². The van der Waals surface area contributed by atoms with Crippen LogP contribution in [0.3, 0.4) is 0 Å². The van der Waals surface area contributed by atoms with E-state index in [0.29, 0.717) is 6.61 Å². The molecule has 1 aromatic rings. The highest BCUT2D eigenvalue weighted by Crippen LogP contribution is 2.28. The maximum atomic E-state index is 10.9. The lowest BCUT2D eigenvalue weighted by molar-refractivity contribution is 0.177. The smallest absolute Gasteiger partial charge is 0.407 e. The molecule has 2 rings (SSSR count). The Labute approximate surface area is 96.0 Å². The van der Waals surface area contributed by atoms with Crippen molar-refractivity contribution in [2.75, 3.05) is 6.61 Å². The van der Waals surface area contributed by atoms with Gasteiger partial charge in [-0.15, -0.1) is 0 Å². The third-order valence-electron chi connectivity index (χ3n) is 2.17. The zero-order valence-electron chi connectivity index (χ0n) is 7.44. The zero-order valence-corrected chi connectivity index (χ0v) is 9.60. The number of alkyl carbamates (subject to hydrolysis) is 1. The van der Waals surface area contributed by atoms with Gasteiger partial charge in [0.2, 0.25) is 0 Å². The molecular formula is C10H10INO2. The Morgan fingerprint density at radius 2 is 2.14 bits per heavy atom. The first-order valence-corrected chi connectivity index (χ1v) is 5.64. The summed E-state index contributed by atoms with van der Waals surface area (Å²) >= 11 is 2.32. The van der Waals surface area contributed by atoms with Crippen LogP contribution in [0.15, 0.2) is 30.3 Å². The lowest BCUT2D eigenvalue weighted by Gasteiger charge is -2.15. The Balaban J connectivity index is 2.09. The third kappa shape index (κ3) is 2.00. The van der Waals surface area contributed by atoms with Crippen LogP contribution in [0.5, 0.6) is 0 Å². The summed E-state index contributed by atoms with van der Waals surface area (Å²) in [5.74, 6) is 0. The van der Waals surface area contributed by atoms with E-state index in [0.717, 1.165) is 0 Å². The van der Waals surface area contributed by atoms with Gasteiger partial charge >= 0.3 is 6.09 Å². The summed E-state index contributed by atoms with van der Waals surface area (Å²) in [7, 11) is 0. The highest BCUT2D eigenvalue weighted by atomic mass is 127. The van der Waals surface area contributed by atoms with Crippen molar-refractivity contribution in [3.8, 4) is 0 Å². The summed E-state index contributed by atoms with van der Waals surface area (Å²) in [4.78, 5) is 10.9. The minimum atomic E-state index is -0.312. The normalized spacial score (nSPS) is 22.6. The van der Waals surface area contributed by atoms with Crippen molar-refractivity contribution in [2.24, 2.45) is 0 Å². The molecule has 0 aliphatic carbocycles. The van der Waals surface area contributed by atoms with Crippen LogP contribution in [-0.4, -0.2) is 18.7 Å². The van der Waals surface area contributed by atoms with Gasteiger partial charge in [0.1, 0.15) is 6.61 Å². The van der Waals surface area contributed by atoms with Gasteiger partial charge in [-0.2, -0.15) is 0 Å².